The van der Waals surface area contributed by atoms with Crippen molar-refractivity contribution in [1.29, 1.82) is 0 Å². The Morgan fingerprint density at radius 1 is 1.00 bits per heavy atom. The monoisotopic (exact) mass is 413 g/mol. The number of aromatic nitrogens is 2. The summed E-state index contributed by atoms with van der Waals surface area (Å²) in [6, 6.07) is 1.41. The van der Waals surface area contributed by atoms with Crippen molar-refractivity contribution >= 4 is 29.4 Å². The molecule has 13 heteroatoms. The zero-order valence-corrected chi connectivity index (χ0v) is 13.6. The smallest absolute Gasteiger partial charge is 0.405 e. The molecule has 0 aromatic carbocycles. The topological polar surface area (TPSA) is 112 Å². The number of aromatic carboxylic acids is 2. The van der Waals surface area contributed by atoms with E-state index in [-0.39, 0.29) is 10.7 Å². The number of nitrogens with zero attached hydrogens (tertiary/aromatic N) is 2. The lowest BCUT2D eigenvalue weighted by atomic mass is 10.2. The van der Waals surface area contributed by atoms with Crippen molar-refractivity contribution in [2.24, 2.45) is 0 Å². The molecule has 0 spiro atoms. The van der Waals surface area contributed by atoms with Crippen LogP contribution >= 0.6 is 11.6 Å². The molecule has 0 unspecified atom stereocenters. The van der Waals surface area contributed by atoms with Crippen LogP contribution in [0.25, 0.3) is 0 Å². The lowest BCUT2D eigenvalue weighted by molar-refractivity contribution is -0.115. The summed E-state index contributed by atoms with van der Waals surface area (Å²) < 4.78 is 60.5. The summed E-state index contributed by atoms with van der Waals surface area (Å²) in [6.45, 7) is -1.44. The molecular formula is C14H9ClF5N3O4. The molecule has 0 radical (unpaired) electrons. The first kappa shape index (κ1) is 22.0. The van der Waals surface area contributed by atoms with Crippen LogP contribution in [0.4, 0.5) is 27.8 Å². The van der Waals surface area contributed by atoms with Gasteiger partial charge in [0.1, 0.15) is 34.7 Å². The second-order valence-electron chi connectivity index (χ2n) is 4.62. The highest BCUT2D eigenvalue weighted by Crippen LogP contribution is 2.18. The number of rotatable bonds is 4. The fourth-order valence-corrected chi connectivity index (χ4v) is 1.68. The first-order valence-corrected chi connectivity index (χ1v) is 7.02. The summed E-state index contributed by atoms with van der Waals surface area (Å²) in [4.78, 5) is 27.4. The van der Waals surface area contributed by atoms with Gasteiger partial charge in [0.05, 0.1) is 18.0 Å². The van der Waals surface area contributed by atoms with Crippen molar-refractivity contribution in [3.8, 4) is 0 Å². The first-order valence-electron chi connectivity index (χ1n) is 6.64. The molecule has 2 heterocycles. The average Bonchev–Trinajstić information content (AvgIpc) is 2.55. The van der Waals surface area contributed by atoms with E-state index < -0.39 is 47.7 Å². The zero-order valence-electron chi connectivity index (χ0n) is 12.9. The minimum absolute atomic E-state index is 0.209. The number of carbonyl (C=O) groups is 2. The maximum atomic E-state index is 12.6. The van der Waals surface area contributed by atoms with Crippen molar-refractivity contribution in [3.05, 3.63) is 52.4 Å². The predicted octanol–water partition coefficient (Wildman–Crippen LogP) is 3.47. The van der Waals surface area contributed by atoms with E-state index in [0.29, 0.717) is 12.3 Å². The van der Waals surface area contributed by atoms with Crippen molar-refractivity contribution < 1.29 is 41.8 Å². The molecule has 146 valence electrons. The van der Waals surface area contributed by atoms with E-state index >= 15 is 0 Å². The quantitative estimate of drug-likeness (QED) is 0.519. The first-order chi connectivity index (χ1) is 12.4. The lowest BCUT2D eigenvalue weighted by Crippen LogP contribution is -2.23. The van der Waals surface area contributed by atoms with Crippen molar-refractivity contribution in [2.75, 3.05) is 11.9 Å². The second-order valence-corrected chi connectivity index (χ2v) is 4.98. The van der Waals surface area contributed by atoms with E-state index in [9.17, 15) is 31.5 Å². The fraction of sp³-hybridized carbons (Fsp3) is 0.143. The van der Waals surface area contributed by atoms with Crippen LogP contribution in [0.15, 0.2) is 24.5 Å². The van der Waals surface area contributed by atoms with Gasteiger partial charge in [-0.05, 0) is 12.1 Å². The molecule has 0 atom stereocenters. The Kier molecular flexibility index (Phi) is 7.40. The predicted molar refractivity (Wildman–Crippen MR) is 81.9 cm³/mol. The molecule has 0 aliphatic rings. The summed E-state index contributed by atoms with van der Waals surface area (Å²) in [5, 5.41) is 18.6. The number of pyridine rings is 2. The number of halogens is 6. The lowest BCUT2D eigenvalue weighted by Gasteiger charge is -2.10. The third-order valence-electron chi connectivity index (χ3n) is 2.58. The van der Waals surface area contributed by atoms with E-state index in [2.05, 4.69) is 9.97 Å². The molecular weight excluding hydrogens is 405 g/mol. The van der Waals surface area contributed by atoms with Crippen LogP contribution in [-0.4, -0.2) is 44.8 Å². The highest BCUT2D eigenvalue weighted by molar-refractivity contribution is 6.32. The summed E-state index contributed by atoms with van der Waals surface area (Å²) in [7, 11) is 0. The number of alkyl halides is 3. The van der Waals surface area contributed by atoms with Gasteiger partial charge in [-0.25, -0.2) is 28.3 Å². The molecule has 0 fully saturated rings. The Labute approximate surface area is 152 Å². The molecule has 0 aliphatic carbocycles. The Morgan fingerprint density at radius 3 is 1.93 bits per heavy atom. The van der Waals surface area contributed by atoms with Gasteiger partial charge < -0.3 is 15.5 Å². The van der Waals surface area contributed by atoms with Gasteiger partial charge in [-0.15, -0.1) is 0 Å². The molecule has 7 nitrogen and oxygen atoms in total. The van der Waals surface area contributed by atoms with Crippen LogP contribution in [0, 0.1) is 11.6 Å². The van der Waals surface area contributed by atoms with Gasteiger partial charge in [-0.2, -0.15) is 13.2 Å². The maximum Gasteiger partial charge on any atom is 0.405 e. The number of hydrogen-bond acceptors (Lipinski definition) is 5. The maximum absolute atomic E-state index is 12.6. The normalized spacial score (nSPS) is 10.6. The van der Waals surface area contributed by atoms with Gasteiger partial charge in [-0.1, -0.05) is 11.6 Å². The van der Waals surface area contributed by atoms with Crippen LogP contribution in [0.5, 0.6) is 0 Å². The van der Waals surface area contributed by atoms with Crippen LogP contribution in [0.3, 0.4) is 0 Å². The molecule has 2 aromatic rings. The standard InChI is InChI=1S/C8H6F4N2O2.C6H3ClFNO2/c9-4-1-5(7(15)16)6(13-2-4)14-3-8(10,11)12;7-5-4(6(10)11)1-3(8)2-9-5/h1-2H,3H2,(H,13,14)(H,15,16);1-2H,(H,10,11). The molecule has 0 bridgehead atoms. The largest absolute Gasteiger partial charge is 0.478 e. The number of hydrogen-bond donors (Lipinski definition) is 3. The van der Waals surface area contributed by atoms with Gasteiger partial charge in [0.15, 0.2) is 0 Å². The Morgan fingerprint density at radius 2 is 1.48 bits per heavy atom. The third kappa shape index (κ3) is 7.40. The van der Waals surface area contributed by atoms with Gasteiger partial charge >= 0.3 is 18.1 Å². The van der Waals surface area contributed by atoms with Crippen molar-refractivity contribution in [2.45, 2.75) is 6.18 Å². The number of anilines is 1. The van der Waals surface area contributed by atoms with E-state index in [1.807, 2.05) is 0 Å². The van der Waals surface area contributed by atoms with E-state index in [4.69, 9.17) is 21.8 Å². The minimum atomic E-state index is -4.51. The van der Waals surface area contributed by atoms with Crippen molar-refractivity contribution in [3.63, 3.8) is 0 Å². The van der Waals surface area contributed by atoms with Crippen molar-refractivity contribution in [1.82, 2.24) is 9.97 Å². The summed E-state index contributed by atoms with van der Waals surface area (Å²) >= 11 is 5.33. The molecule has 27 heavy (non-hydrogen) atoms. The van der Waals surface area contributed by atoms with Crippen LogP contribution in [0.2, 0.25) is 5.15 Å². The minimum Gasteiger partial charge on any atom is -0.478 e. The van der Waals surface area contributed by atoms with Crippen LogP contribution in [0.1, 0.15) is 20.7 Å². The van der Waals surface area contributed by atoms with Gasteiger partial charge in [0.25, 0.3) is 0 Å². The average molecular weight is 414 g/mol. The SMILES string of the molecule is O=C(O)c1cc(F)cnc1Cl.O=C(O)c1cc(F)cnc1NCC(F)(F)F. The number of nitrogens with one attached hydrogen (secondary N) is 1. The highest BCUT2D eigenvalue weighted by atomic mass is 35.5. The number of carboxylic acid groups (broad SMARTS) is 2. The van der Waals surface area contributed by atoms with E-state index in [1.54, 1.807) is 5.32 Å². The Balaban J connectivity index is 0.000000289. The summed E-state index contributed by atoms with van der Waals surface area (Å²) in [5.74, 6) is -5.02. The van der Waals surface area contributed by atoms with Crippen LogP contribution in [-0.2, 0) is 0 Å². The van der Waals surface area contributed by atoms with Crippen LogP contribution < -0.4 is 5.32 Å². The Bertz CT molecular complexity index is 848. The molecule has 0 amide bonds. The summed E-state index contributed by atoms with van der Waals surface area (Å²) in [6.07, 6.45) is -3.02. The fourth-order valence-electron chi connectivity index (χ4n) is 1.50. The van der Waals surface area contributed by atoms with Gasteiger partial charge in [0.2, 0.25) is 0 Å². The molecule has 3 N–H and O–H groups in total. The zero-order chi connectivity index (χ0) is 20.8. The molecule has 2 rings (SSSR count). The third-order valence-corrected chi connectivity index (χ3v) is 2.88. The highest BCUT2D eigenvalue weighted by Gasteiger charge is 2.27. The summed E-state index contributed by atoms with van der Waals surface area (Å²) in [5.41, 5.74) is -0.976. The van der Waals surface area contributed by atoms with E-state index in [1.165, 1.54) is 0 Å². The molecule has 2 aromatic heterocycles. The Hall–Kier alpha value is -3.02. The number of carboxylic acids is 2. The second kappa shape index (κ2) is 9.07. The molecule has 0 saturated heterocycles. The molecule has 0 saturated carbocycles. The van der Waals surface area contributed by atoms with E-state index in [0.717, 1.165) is 12.3 Å². The van der Waals surface area contributed by atoms with Gasteiger partial charge in [-0.3, -0.25) is 0 Å². The molecule has 0 aliphatic heterocycles. The van der Waals surface area contributed by atoms with Gasteiger partial charge in [0, 0.05) is 0 Å².